The van der Waals surface area contributed by atoms with Crippen LogP contribution in [-0.4, -0.2) is 0 Å². The molecule has 2 N–H and O–H groups in total. The van der Waals surface area contributed by atoms with Gasteiger partial charge in [-0.1, -0.05) is 18.5 Å². The number of rotatable bonds is 2. The summed E-state index contributed by atoms with van der Waals surface area (Å²) in [5.74, 6) is 1.82. The largest absolute Gasteiger partial charge is 0.461 e. The molecule has 84 valence electrons. The number of halogens is 1. The maximum absolute atomic E-state index is 6.01. The number of nitrogen functional groups attached to an aromatic ring is 1. The number of furan rings is 1. The number of anilines is 1. The third-order valence-corrected chi connectivity index (χ3v) is 2.95. The Bertz CT molecular complexity index is 517. The van der Waals surface area contributed by atoms with Crippen molar-refractivity contribution in [3.8, 4) is 11.3 Å². The van der Waals surface area contributed by atoms with E-state index in [4.69, 9.17) is 21.8 Å². The molecule has 0 amide bonds. The molecule has 0 aliphatic carbocycles. The van der Waals surface area contributed by atoms with Crippen molar-refractivity contribution in [3.63, 3.8) is 0 Å². The molecule has 3 heteroatoms. The first-order valence-corrected chi connectivity index (χ1v) is 5.64. The third kappa shape index (κ3) is 1.93. The average Bonchev–Trinajstić information content (AvgIpc) is 2.71. The Morgan fingerprint density at radius 3 is 2.69 bits per heavy atom. The maximum atomic E-state index is 6.01. The van der Waals surface area contributed by atoms with Gasteiger partial charge in [0.2, 0.25) is 0 Å². The normalized spacial score (nSPS) is 10.7. The number of aryl methyl sites for hydroxylation is 2. The maximum Gasteiger partial charge on any atom is 0.134 e. The summed E-state index contributed by atoms with van der Waals surface area (Å²) in [6.45, 7) is 4.06. The third-order valence-electron chi connectivity index (χ3n) is 2.62. The highest BCUT2D eigenvalue weighted by Crippen LogP contribution is 2.31. The lowest BCUT2D eigenvalue weighted by atomic mass is 10.1. The molecule has 2 rings (SSSR count). The summed E-state index contributed by atoms with van der Waals surface area (Å²) in [5, 5.41) is 0.565. The van der Waals surface area contributed by atoms with Gasteiger partial charge in [-0.05, 0) is 36.8 Å². The average molecular weight is 236 g/mol. The van der Waals surface area contributed by atoms with Crippen molar-refractivity contribution in [2.75, 3.05) is 5.73 Å². The fourth-order valence-corrected chi connectivity index (χ4v) is 1.85. The van der Waals surface area contributed by atoms with Crippen molar-refractivity contribution in [2.24, 2.45) is 0 Å². The van der Waals surface area contributed by atoms with Crippen molar-refractivity contribution in [3.05, 3.63) is 40.6 Å². The molecule has 0 unspecified atom stereocenters. The van der Waals surface area contributed by atoms with Crippen molar-refractivity contribution in [1.82, 2.24) is 0 Å². The summed E-state index contributed by atoms with van der Waals surface area (Å²) in [5.41, 5.74) is 8.41. The van der Waals surface area contributed by atoms with Crippen LogP contribution in [0.2, 0.25) is 5.02 Å². The van der Waals surface area contributed by atoms with E-state index < -0.39 is 0 Å². The Kier molecular flexibility index (Phi) is 2.92. The van der Waals surface area contributed by atoms with E-state index in [-0.39, 0.29) is 0 Å². The topological polar surface area (TPSA) is 39.2 Å². The molecule has 0 bridgehead atoms. The Morgan fingerprint density at radius 1 is 1.31 bits per heavy atom. The molecule has 1 aromatic carbocycles. The van der Waals surface area contributed by atoms with E-state index >= 15 is 0 Å². The smallest absolute Gasteiger partial charge is 0.134 e. The predicted octanol–water partition coefficient (Wildman–Crippen LogP) is 4.05. The van der Waals surface area contributed by atoms with E-state index in [9.17, 15) is 0 Å². The number of hydrogen-bond donors (Lipinski definition) is 1. The van der Waals surface area contributed by atoms with Gasteiger partial charge in [-0.2, -0.15) is 0 Å². The molecule has 16 heavy (non-hydrogen) atoms. The molecule has 0 fully saturated rings. The summed E-state index contributed by atoms with van der Waals surface area (Å²) < 4.78 is 5.70. The highest BCUT2D eigenvalue weighted by Gasteiger charge is 2.09. The number of hydrogen-bond acceptors (Lipinski definition) is 2. The second-order valence-electron chi connectivity index (χ2n) is 3.81. The Labute approximate surface area is 100 Å². The lowest BCUT2D eigenvalue weighted by Crippen LogP contribution is -1.89. The second-order valence-corrected chi connectivity index (χ2v) is 4.22. The Balaban J connectivity index is 2.51. The molecule has 1 aromatic heterocycles. The van der Waals surface area contributed by atoms with Gasteiger partial charge >= 0.3 is 0 Å². The molecule has 1 heterocycles. The van der Waals surface area contributed by atoms with Gasteiger partial charge in [-0.25, -0.2) is 0 Å². The molecular formula is C13H14ClNO. The van der Waals surface area contributed by atoms with Crippen molar-refractivity contribution in [1.29, 1.82) is 0 Å². The van der Waals surface area contributed by atoms with E-state index in [1.165, 1.54) is 0 Å². The quantitative estimate of drug-likeness (QED) is 0.798. The molecule has 0 saturated carbocycles. The van der Waals surface area contributed by atoms with Crippen molar-refractivity contribution in [2.45, 2.75) is 20.3 Å². The van der Waals surface area contributed by atoms with Gasteiger partial charge in [0.1, 0.15) is 11.5 Å². The fourth-order valence-electron chi connectivity index (χ4n) is 1.68. The minimum atomic E-state index is 0.565. The van der Waals surface area contributed by atoms with Gasteiger partial charge < -0.3 is 10.2 Å². The SMILES string of the molecule is CCc1ccc(-c2cc(Cl)c(N)cc2C)o1. The van der Waals surface area contributed by atoms with E-state index in [2.05, 4.69) is 6.92 Å². The zero-order valence-electron chi connectivity index (χ0n) is 9.38. The minimum Gasteiger partial charge on any atom is -0.461 e. The monoisotopic (exact) mass is 235 g/mol. The minimum absolute atomic E-state index is 0.565. The summed E-state index contributed by atoms with van der Waals surface area (Å²) in [6, 6.07) is 7.67. The summed E-state index contributed by atoms with van der Waals surface area (Å²) in [6.07, 6.45) is 0.891. The first-order valence-electron chi connectivity index (χ1n) is 5.26. The van der Waals surface area contributed by atoms with E-state index in [0.717, 1.165) is 29.1 Å². The van der Waals surface area contributed by atoms with Crippen LogP contribution in [0.15, 0.2) is 28.7 Å². The molecule has 0 atom stereocenters. The van der Waals surface area contributed by atoms with Gasteiger partial charge in [-0.15, -0.1) is 0 Å². The highest BCUT2D eigenvalue weighted by molar-refractivity contribution is 6.33. The van der Waals surface area contributed by atoms with Crippen LogP contribution in [0, 0.1) is 6.92 Å². The zero-order valence-corrected chi connectivity index (χ0v) is 10.1. The van der Waals surface area contributed by atoms with Crippen LogP contribution in [0.3, 0.4) is 0 Å². The number of nitrogens with two attached hydrogens (primary N) is 1. The molecule has 0 aliphatic heterocycles. The number of benzene rings is 1. The van der Waals surface area contributed by atoms with Crippen LogP contribution in [0.4, 0.5) is 5.69 Å². The standard InChI is InChI=1S/C13H14ClNO/c1-3-9-4-5-13(16-9)10-7-11(14)12(15)6-8(10)2/h4-7H,3,15H2,1-2H3. The van der Waals surface area contributed by atoms with Gasteiger partial charge in [0.25, 0.3) is 0 Å². The van der Waals surface area contributed by atoms with Crippen molar-refractivity contribution < 1.29 is 4.42 Å². The zero-order chi connectivity index (χ0) is 11.7. The molecule has 0 aliphatic rings. The first kappa shape index (κ1) is 11.1. The van der Waals surface area contributed by atoms with Gasteiger partial charge in [0, 0.05) is 12.0 Å². The lowest BCUT2D eigenvalue weighted by Gasteiger charge is -2.06. The first-order chi connectivity index (χ1) is 7.61. The van der Waals surface area contributed by atoms with Crippen LogP contribution < -0.4 is 5.73 Å². The Hall–Kier alpha value is -1.41. The molecule has 0 spiro atoms. The molecular weight excluding hydrogens is 222 g/mol. The summed E-state index contributed by atoms with van der Waals surface area (Å²) in [7, 11) is 0. The van der Waals surface area contributed by atoms with Gasteiger partial charge in [0.05, 0.1) is 10.7 Å². The Morgan fingerprint density at radius 2 is 2.06 bits per heavy atom. The predicted molar refractivity (Wildman–Crippen MR) is 67.7 cm³/mol. The fraction of sp³-hybridized carbons (Fsp3) is 0.231. The van der Waals surface area contributed by atoms with Gasteiger partial charge in [0.15, 0.2) is 0 Å². The van der Waals surface area contributed by atoms with Gasteiger partial charge in [-0.3, -0.25) is 0 Å². The van der Waals surface area contributed by atoms with E-state index in [0.29, 0.717) is 10.7 Å². The van der Waals surface area contributed by atoms with E-state index in [1.807, 2.05) is 31.2 Å². The van der Waals surface area contributed by atoms with Crippen molar-refractivity contribution >= 4 is 17.3 Å². The van der Waals surface area contributed by atoms with Crippen LogP contribution in [0.5, 0.6) is 0 Å². The molecule has 0 radical (unpaired) electrons. The molecule has 2 aromatic rings. The van der Waals surface area contributed by atoms with Crippen LogP contribution >= 0.6 is 11.6 Å². The van der Waals surface area contributed by atoms with Crippen LogP contribution in [-0.2, 0) is 6.42 Å². The highest BCUT2D eigenvalue weighted by atomic mass is 35.5. The molecule has 2 nitrogen and oxygen atoms in total. The lowest BCUT2D eigenvalue weighted by molar-refractivity contribution is 0.529. The van der Waals surface area contributed by atoms with Crippen LogP contribution in [0.1, 0.15) is 18.2 Å². The second kappa shape index (κ2) is 4.22. The summed E-state index contributed by atoms with van der Waals surface area (Å²) >= 11 is 6.01. The van der Waals surface area contributed by atoms with Crippen LogP contribution in [0.25, 0.3) is 11.3 Å². The molecule has 0 saturated heterocycles. The summed E-state index contributed by atoms with van der Waals surface area (Å²) in [4.78, 5) is 0. The van der Waals surface area contributed by atoms with E-state index in [1.54, 1.807) is 0 Å².